The fourth-order valence-corrected chi connectivity index (χ4v) is 0.600. The van der Waals surface area contributed by atoms with Crippen LogP contribution in [0.1, 0.15) is 39.5 Å². The Morgan fingerprint density at radius 3 is 1.73 bits per heavy atom. The summed E-state index contributed by atoms with van der Waals surface area (Å²) in [6.07, 6.45) is 4.55. The van der Waals surface area contributed by atoms with E-state index in [2.05, 4.69) is 13.8 Å². The van der Waals surface area contributed by atoms with Crippen LogP contribution in [0, 0.1) is 6.79 Å². The zero-order valence-electron chi connectivity index (χ0n) is 7.64. The van der Waals surface area contributed by atoms with E-state index in [4.69, 9.17) is 9.47 Å². The lowest BCUT2D eigenvalue weighted by Gasteiger charge is -2.02. The van der Waals surface area contributed by atoms with Crippen LogP contribution < -0.4 is 0 Å². The molecule has 0 aromatic carbocycles. The molecule has 0 bridgehead atoms. The van der Waals surface area contributed by atoms with Crippen LogP contribution in [0.3, 0.4) is 0 Å². The SMILES string of the molecule is CCCCO[CH]OCCCC. The third-order valence-electron chi connectivity index (χ3n) is 1.37. The second-order valence-electron chi connectivity index (χ2n) is 2.54. The second kappa shape index (κ2) is 9.92. The van der Waals surface area contributed by atoms with Crippen molar-refractivity contribution < 1.29 is 9.47 Å². The minimum absolute atomic E-state index is 0.780. The number of hydrogen-bond acceptors (Lipinski definition) is 2. The Morgan fingerprint density at radius 2 is 1.36 bits per heavy atom. The van der Waals surface area contributed by atoms with E-state index in [-0.39, 0.29) is 0 Å². The third kappa shape index (κ3) is 9.92. The molecule has 0 saturated carbocycles. The van der Waals surface area contributed by atoms with Crippen LogP contribution in [-0.4, -0.2) is 13.2 Å². The zero-order chi connectivity index (χ0) is 8.36. The Kier molecular flexibility index (Phi) is 9.85. The Bertz CT molecular complexity index is 56.6. The molecule has 0 aromatic rings. The molecule has 0 rings (SSSR count). The molecule has 0 aromatic heterocycles. The third-order valence-corrected chi connectivity index (χ3v) is 1.37. The highest BCUT2D eigenvalue weighted by molar-refractivity contribution is 4.36. The highest BCUT2D eigenvalue weighted by Gasteiger charge is 1.88. The van der Waals surface area contributed by atoms with Crippen molar-refractivity contribution in [3.8, 4) is 0 Å². The van der Waals surface area contributed by atoms with Crippen molar-refractivity contribution >= 4 is 0 Å². The smallest absolute Gasteiger partial charge is 0.209 e. The van der Waals surface area contributed by atoms with E-state index in [0.29, 0.717) is 0 Å². The standard InChI is InChI=1S/C9H19O2/c1-3-5-7-10-9-11-8-6-4-2/h9H,3-8H2,1-2H3. The van der Waals surface area contributed by atoms with Gasteiger partial charge in [0.05, 0.1) is 0 Å². The van der Waals surface area contributed by atoms with Gasteiger partial charge in [-0.2, -0.15) is 0 Å². The van der Waals surface area contributed by atoms with Gasteiger partial charge in [0, 0.05) is 13.2 Å². The maximum absolute atomic E-state index is 5.07. The van der Waals surface area contributed by atoms with Gasteiger partial charge >= 0.3 is 0 Å². The fraction of sp³-hybridized carbons (Fsp3) is 0.889. The molecule has 0 aliphatic heterocycles. The van der Waals surface area contributed by atoms with Crippen LogP contribution in [0.15, 0.2) is 0 Å². The number of unbranched alkanes of at least 4 members (excludes halogenated alkanes) is 2. The van der Waals surface area contributed by atoms with Crippen molar-refractivity contribution in [1.29, 1.82) is 0 Å². The topological polar surface area (TPSA) is 18.5 Å². The minimum Gasteiger partial charge on any atom is -0.348 e. The molecular weight excluding hydrogens is 140 g/mol. The Labute approximate surface area is 69.9 Å². The number of rotatable bonds is 8. The van der Waals surface area contributed by atoms with E-state index >= 15 is 0 Å². The Hall–Kier alpha value is -0.0800. The van der Waals surface area contributed by atoms with Crippen LogP contribution in [0.25, 0.3) is 0 Å². The average molecular weight is 159 g/mol. The molecule has 0 amide bonds. The highest BCUT2D eigenvalue weighted by atomic mass is 16.7. The van der Waals surface area contributed by atoms with E-state index < -0.39 is 0 Å². The summed E-state index contributed by atoms with van der Waals surface area (Å²) in [4.78, 5) is 0. The normalized spacial score (nSPS) is 10.4. The Morgan fingerprint density at radius 1 is 0.909 bits per heavy atom. The van der Waals surface area contributed by atoms with E-state index in [1.165, 1.54) is 19.6 Å². The summed E-state index contributed by atoms with van der Waals surface area (Å²) in [5.74, 6) is 0. The van der Waals surface area contributed by atoms with Crippen molar-refractivity contribution in [2.24, 2.45) is 0 Å². The summed E-state index contributed by atoms with van der Waals surface area (Å²) >= 11 is 0. The molecule has 0 N–H and O–H groups in total. The van der Waals surface area contributed by atoms with E-state index in [1.807, 2.05) is 0 Å². The van der Waals surface area contributed by atoms with Gasteiger partial charge in [-0.1, -0.05) is 26.7 Å². The van der Waals surface area contributed by atoms with E-state index in [9.17, 15) is 0 Å². The van der Waals surface area contributed by atoms with Gasteiger partial charge in [-0.15, -0.1) is 0 Å². The van der Waals surface area contributed by atoms with E-state index in [1.54, 1.807) is 0 Å². The van der Waals surface area contributed by atoms with Crippen molar-refractivity contribution in [1.82, 2.24) is 0 Å². The largest absolute Gasteiger partial charge is 0.348 e. The lowest BCUT2D eigenvalue weighted by atomic mass is 10.4. The van der Waals surface area contributed by atoms with Crippen molar-refractivity contribution in [3.05, 3.63) is 6.79 Å². The van der Waals surface area contributed by atoms with Gasteiger partial charge in [-0.05, 0) is 12.8 Å². The molecule has 0 aliphatic carbocycles. The van der Waals surface area contributed by atoms with Crippen LogP contribution in [0.5, 0.6) is 0 Å². The summed E-state index contributed by atoms with van der Waals surface area (Å²) < 4.78 is 10.1. The van der Waals surface area contributed by atoms with Crippen LogP contribution in [0.2, 0.25) is 0 Å². The summed E-state index contributed by atoms with van der Waals surface area (Å²) in [6.45, 7) is 7.30. The molecule has 0 aliphatic rings. The summed E-state index contributed by atoms with van der Waals surface area (Å²) in [7, 11) is 0. The second-order valence-corrected chi connectivity index (χ2v) is 2.54. The first-order chi connectivity index (χ1) is 5.41. The molecule has 11 heavy (non-hydrogen) atoms. The Balaban J connectivity index is 2.69. The van der Waals surface area contributed by atoms with Gasteiger partial charge in [0.15, 0.2) is 0 Å². The van der Waals surface area contributed by atoms with Crippen molar-refractivity contribution in [2.75, 3.05) is 13.2 Å². The van der Waals surface area contributed by atoms with Gasteiger partial charge in [0.2, 0.25) is 6.79 Å². The van der Waals surface area contributed by atoms with Crippen LogP contribution >= 0.6 is 0 Å². The average Bonchev–Trinajstić information content (AvgIpc) is 2.03. The quantitative estimate of drug-likeness (QED) is 0.507. The fourth-order valence-electron chi connectivity index (χ4n) is 0.600. The summed E-state index contributed by atoms with van der Waals surface area (Å²) in [6, 6.07) is 0. The molecule has 0 unspecified atom stereocenters. The molecule has 2 nitrogen and oxygen atoms in total. The van der Waals surface area contributed by atoms with Gasteiger partial charge in [0.1, 0.15) is 0 Å². The predicted octanol–water partition coefficient (Wildman–Crippen LogP) is 2.74. The van der Waals surface area contributed by atoms with Crippen LogP contribution in [0.4, 0.5) is 0 Å². The van der Waals surface area contributed by atoms with Gasteiger partial charge in [-0.25, -0.2) is 0 Å². The first-order valence-electron chi connectivity index (χ1n) is 4.46. The maximum Gasteiger partial charge on any atom is 0.209 e. The molecule has 1 radical (unpaired) electrons. The molecule has 67 valence electrons. The predicted molar refractivity (Wildman–Crippen MR) is 46.0 cm³/mol. The molecule has 0 fully saturated rings. The van der Waals surface area contributed by atoms with E-state index in [0.717, 1.165) is 26.1 Å². The van der Waals surface area contributed by atoms with Crippen molar-refractivity contribution in [3.63, 3.8) is 0 Å². The molecular formula is C9H19O2. The first-order valence-corrected chi connectivity index (χ1v) is 4.46. The van der Waals surface area contributed by atoms with Gasteiger partial charge < -0.3 is 9.47 Å². The summed E-state index contributed by atoms with van der Waals surface area (Å²) in [5, 5.41) is 0. The lowest BCUT2D eigenvalue weighted by Crippen LogP contribution is -1.96. The monoisotopic (exact) mass is 159 g/mol. The first kappa shape index (κ1) is 10.9. The van der Waals surface area contributed by atoms with Gasteiger partial charge in [0.25, 0.3) is 0 Å². The van der Waals surface area contributed by atoms with Gasteiger partial charge in [-0.3, -0.25) is 0 Å². The zero-order valence-corrected chi connectivity index (χ0v) is 7.64. The number of hydrogen-bond donors (Lipinski definition) is 0. The van der Waals surface area contributed by atoms with Crippen LogP contribution in [-0.2, 0) is 9.47 Å². The molecule has 2 heteroatoms. The summed E-state index contributed by atoms with van der Waals surface area (Å²) in [5.41, 5.74) is 0. The highest BCUT2D eigenvalue weighted by Crippen LogP contribution is 1.94. The minimum atomic E-state index is 0.780. The molecule has 0 atom stereocenters. The number of ether oxygens (including phenoxy) is 2. The molecule has 0 saturated heterocycles. The van der Waals surface area contributed by atoms with Crippen molar-refractivity contribution in [2.45, 2.75) is 39.5 Å². The molecule has 0 heterocycles. The lowest BCUT2D eigenvalue weighted by molar-refractivity contribution is 0.0186. The molecule has 0 spiro atoms. The maximum atomic E-state index is 5.07.